The van der Waals surface area contributed by atoms with Crippen molar-refractivity contribution >= 4 is 28.4 Å². The van der Waals surface area contributed by atoms with Crippen molar-refractivity contribution in [2.24, 2.45) is 0 Å². The Morgan fingerprint density at radius 1 is 1.42 bits per heavy atom. The second-order valence-electron chi connectivity index (χ2n) is 4.65. The van der Waals surface area contributed by atoms with Crippen molar-refractivity contribution in [1.29, 1.82) is 0 Å². The van der Waals surface area contributed by atoms with Crippen LogP contribution in [0.1, 0.15) is 32.6 Å². The van der Waals surface area contributed by atoms with Gasteiger partial charge in [-0.05, 0) is 19.8 Å². The lowest BCUT2D eigenvalue weighted by Gasteiger charge is -2.17. The molecule has 0 aromatic carbocycles. The van der Waals surface area contributed by atoms with Crippen LogP contribution in [0.3, 0.4) is 0 Å². The topological polar surface area (TPSA) is 83.1 Å². The van der Waals surface area contributed by atoms with Crippen LogP contribution in [0, 0.1) is 0 Å². The fourth-order valence-corrected chi connectivity index (χ4v) is 2.60. The van der Waals surface area contributed by atoms with Gasteiger partial charge in [0.1, 0.15) is 6.04 Å². The Balaban J connectivity index is 1.74. The van der Waals surface area contributed by atoms with Crippen molar-refractivity contribution in [3.8, 4) is 0 Å². The van der Waals surface area contributed by atoms with E-state index in [0.29, 0.717) is 5.13 Å². The monoisotopic (exact) mass is 282 g/mol. The largest absolute Gasteiger partial charge is 0.352 e. The van der Waals surface area contributed by atoms with Gasteiger partial charge >= 0.3 is 6.03 Å². The number of anilines is 1. The molecule has 2 rings (SSSR count). The smallest absolute Gasteiger partial charge is 0.321 e. The summed E-state index contributed by atoms with van der Waals surface area (Å²) in [6, 6.07) is -0.705. The lowest BCUT2D eigenvalue weighted by Crippen LogP contribution is -2.48. The quantitative estimate of drug-likeness (QED) is 0.786. The van der Waals surface area contributed by atoms with Crippen molar-refractivity contribution in [2.75, 3.05) is 5.32 Å². The van der Waals surface area contributed by atoms with Crippen molar-refractivity contribution in [1.82, 2.24) is 15.6 Å². The molecule has 1 aliphatic rings. The summed E-state index contributed by atoms with van der Waals surface area (Å²) < 4.78 is 0. The van der Waals surface area contributed by atoms with E-state index < -0.39 is 12.1 Å². The number of carbonyl (C=O) groups is 2. The second kappa shape index (κ2) is 6.51. The molecule has 1 atom stereocenters. The number of thiazole rings is 1. The number of aromatic nitrogens is 1. The van der Waals surface area contributed by atoms with E-state index in [4.69, 9.17) is 0 Å². The van der Waals surface area contributed by atoms with Gasteiger partial charge in [0, 0.05) is 17.6 Å². The summed E-state index contributed by atoms with van der Waals surface area (Å²) in [7, 11) is 0. The van der Waals surface area contributed by atoms with E-state index in [-0.39, 0.29) is 11.9 Å². The molecular formula is C12H18N4O2S. The lowest BCUT2D eigenvalue weighted by atomic mass is 10.2. The van der Waals surface area contributed by atoms with Crippen LogP contribution in [0.25, 0.3) is 0 Å². The van der Waals surface area contributed by atoms with Crippen LogP contribution < -0.4 is 16.0 Å². The van der Waals surface area contributed by atoms with Crippen molar-refractivity contribution in [3.05, 3.63) is 11.6 Å². The molecule has 0 aliphatic heterocycles. The summed E-state index contributed by atoms with van der Waals surface area (Å²) in [4.78, 5) is 27.4. The molecule has 1 aromatic heterocycles. The van der Waals surface area contributed by atoms with Gasteiger partial charge in [-0.25, -0.2) is 9.78 Å². The molecule has 1 fully saturated rings. The van der Waals surface area contributed by atoms with E-state index in [1.165, 1.54) is 11.3 Å². The third-order valence-electron chi connectivity index (χ3n) is 3.10. The minimum Gasteiger partial charge on any atom is -0.352 e. The fourth-order valence-electron chi connectivity index (χ4n) is 2.08. The van der Waals surface area contributed by atoms with Crippen LogP contribution in [-0.4, -0.2) is 29.0 Å². The lowest BCUT2D eigenvalue weighted by molar-refractivity contribution is -0.123. The number of rotatable bonds is 4. The van der Waals surface area contributed by atoms with E-state index in [1.807, 2.05) is 0 Å². The summed E-state index contributed by atoms with van der Waals surface area (Å²) in [6.07, 6.45) is 6.00. The highest BCUT2D eigenvalue weighted by Crippen LogP contribution is 2.17. The third-order valence-corrected chi connectivity index (χ3v) is 3.78. The zero-order valence-corrected chi connectivity index (χ0v) is 11.6. The van der Waals surface area contributed by atoms with Crippen LogP contribution in [0.4, 0.5) is 9.93 Å². The van der Waals surface area contributed by atoms with Crippen molar-refractivity contribution in [2.45, 2.75) is 44.7 Å². The number of nitrogens with zero attached hydrogens (tertiary/aromatic N) is 1. The molecule has 7 heteroatoms. The Morgan fingerprint density at radius 2 is 2.16 bits per heavy atom. The number of hydrogen-bond acceptors (Lipinski definition) is 4. The SMILES string of the molecule is C[C@@H](NC(=O)Nc1nccs1)C(=O)NC1CCCC1. The van der Waals surface area contributed by atoms with E-state index in [0.717, 1.165) is 25.7 Å². The highest BCUT2D eigenvalue weighted by molar-refractivity contribution is 7.13. The van der Waals surface area contributed by atoms with Crippen LogP contribution >= 0.6 is 11.3 Å². The van der Waals surface area contributed by atoms with Gasteiger partial charge in [0.15, 0.2) is 5.13 Å². The molecule has 3 amide bonds. The van der Waals surface area contributed by atoms with E-state index in [9.17, 15) is 9.59 Å². The number of nitrogens with one attached hydrogen (secondary N) is 3. The average Bonchev–Trinajstić information content (AvgIpc) is 3.01. The van der Waals surface area contributed by atoms with Gasteiger partial charge < -0.3 is 10.6 Å². The molecule has 1 heterocycles. The molecule has 0 spiro atoms. The van der Waals surface area contributed by atoms with Gasteiger partial charge in [-0.1, -0.05) is 12.8 Å². The average molecular weight is 282 g/mol. The highest BCUT2D eigenvalue weighted by atomic mass is 32.1. The maximum Gasteiger partial charge on any atom is 0.321 e. The van der Waals surface area contributed by atoms with Gasteiger partial charge in [-0.2, -0.15) is 0 Å². The van der Waals surface area contributed by atoms with Crippen LogP contribution in [0.2, 0.25) is 0 Å². The number of hydrogen-bond donors (Lipinski definition) is 3. The maximum absolute atomic E-state index is 11.9. The second-order valence-corrected chi connectivity index (χ2v) is 5.54. The summed E-state index contributed by atoms with van der Waals surface area (Å²) in [5, 5.41) is 10.4. The zero-order chi connectivity index (χ0) is 13.7. The van der Waals surface area contributed by atoms with Crippen LogP contribution in [0.5, 0.6) is 0 Å². The molecule has 6 nitrogen and oxygen atoms in total. The van der Waals surface area contributed by atoms with Gasteiger partial charge in [0.25, 0.3) is 0 Å². The van der Waals surface area contributed by atoms with E-state index in [1.54, 1.807) is 18.5 Å². The fraction of sp³-hybridized carbons (Fsp3) is 0.583. The standard InChI is InChI=1S/C12H18N4O2S/c1-8(10(17)15-9-4-2-3-5-9)14-11(18)16-12-13-6-7-19-12/h6-9H,2-5H2,1H3,(H,15,17)(H2,13,14,16,18)/t8-/m1/s1. The number of amides is 3. The molecule has 104 valence electrons. The molecule has 0 radical (unpaired) electrons. The minimum absolute atomic E-state index is 0.138. The molecule has 3 N–H and O–H groups in total. The molecule has 0 unspecified atom stereocenters. The Kier molecular flexibility index (Phi) is 4.73. The van der Waals surface area contributed by atoms with Gasteiger partial charge in [-0.3, -0.25) is 10.1 Å². The van der Waals surface area contributed by atoms with Gasteiger partial charge in [-0.15, -0.1) is 11.3 Å². The Morgan fingerprint density at radius 3 is 2.79 bits per heavy atom. The molecule has 1 aromatic rings. The zero-order valence-electron chi connectivity index (χ0n) is 10.8. The Bertz CT molecular complexity index is 429. The minimum atomic E-state index is -0.555. The first-order valence-electron chi connectivity index (χ1n) is 6.42. The van der Waals surface area contributed by atoms with E-state index in [2.05, 4.69) is 20.9 Å². The summed E-state index contributed by atoms with van der Waals surface area (Å²) in [6.45, 7) is 1.67. The summed E-state index contributed by atoms with van der Waals surface area (Å²) >= 11 is 1.33. The first-order chi connectivity index (χ1) is 9.15. The molecule has 1 saturated carbocycles. The Labute approximate surface area is 116 Å². The van der Waals surface area contributed by atoms with Crippen molar-refractivity contribution in [3.63, 3.8) is 0 Å². The maximum atomic E-state index is 11.9. The number of carbonyl (C=O) groups excluding carboxylic acids is 2. The molecule has 0 bridgehead atoms. The van der Waals surface area contributed by atoms with Crippen molar-refractivity contribution < 1.29 is 9.59 Å². The van der Waals surface area contributed by atoms with Crippen LogP contribution in [-0.2, 0) is 4.79 Å². The summed E-state index contributed by atoms with van der Waals surface area (Å²) in [5.74, 6) is -0.138. The normalized spacial score (nSPS) is 16.9. The predicted molar refractivity (Wildman–Crippen MR) is 74.1 cm³/mol. The molecule has 0 saturated heterocycles. The first-order valence-corrected chi connectivity index (χ1v) is 7.30. The summed E-state index contributed by atoms with van der Waals surface area (Å²) in [5.41, 5.74) is 0. The van der Waals surface area contributed by atoms with E-state index >= 15 is 0 Å². The molecular weight excluding hydrogens is 264 g/mol. The Hall–Kier alpha value is -1.63. The van der Waals surface area contributed by atoms with Gasteiger partial charge in [0.2, 0.25) is 5.91 Å². The highest BCUT2D eigenvalue weighted by Gasteiger charge is 2.21. The molecule has 19 heavy (non-hydrogen) atoms. The van der Waals surface area contributed by atoms with Gasteiger partial charge in [0.05, 0.1) is 0 Å². The number of urea groups is 1. The van der Waals surface area contributed by atoms with Crippen LogP contribution in [0.15, 0.2) is 11.6 Å². The molecule has 1 aliphatic carbocycles. The first kappa shape index (κ1) is 13.8. The third kappa shape index (κ3) is 4.20. The predicted octanol–water partition coefficient (Wildman–Crippen LogP) is 1.71.